The van der Waals surface area contributed by atoms with Crippen LogP contribution in [0.5, 0.6) is 0 Å². The molecule has 3 rings (SSSR count). The van der Waals surface area contributed by atoms with Gasteiger partial charge in [-0.2, -0.15) is 4.98 Å². The first kappa shape index (κ1) is 15.6. The molecular formula is C15H22N6O2. The number of hydrogen-bond acceptors (Lipinski definition) is 6. The molecule has 0 atom stereocenters. The van der Waals surface area contributed by atoms with Gasteiger partial charge in [0.2, 0.25) is 5.89 Å². The lowest BCUT2D eigenvalue weighted by atomic mass is 9.87. The topological polar surface area (TPSA) is 98.7 Å². The normalized spacial score (nSPS) is 15.7. The van der Waals surface area contributed by atoms with Crippen molar-refractivity contribution in [3.63, 3.8) is 0 Å². The summed E-state index contributed by atoms with van der Waals surface area (Å²) < 4.78 is 6.43. The summed E-state index contributed by atoms with van der Waals surface area (Å²) in [5, 5.41) is 14.5. The number of amides is 1. The molecule has 1 aliphatic rings. The summed E-state index contributed by atoms with van der Waals surface area (Å²) in [6.07, 6.45) is 9.22. The molecule has 0 aliphatic heterocycles. The van der Waals surface area contributed by atoms with Gasteiger partial charge in [0.05, 0.1) is 6.20 Å². The monoisotopic (exact) mass is 318 g/mol. The average Bonchev–Trinajstić information content (AvgIpc) is 3.18. The molecule has 2 heterocycles. The van der Waals surface area contributed by atoms with Gasteiger partial charge in [0.15, 0.2) is 11.5 Å². The summed E-state index contributed by atoms with van der Waals surface area (Å²) in [4.78, 5) is 16.2. The second-order valence-electron chi connectivity index (χ2n) is 6.08. The highest BCUT2D eigenvalue weighted by Crippen LogP contribution is 2.25. The molecule has 1 fully saturated rings. The molecule has 2 aromatic rings. The summed E-state index contributed by atoms with van der Waals surface area (Å²) in [5.74, 6) is 1.58. The fraction of sp³-hybridized carbons (Fsp3) is 0.667. The van der Waals surface area contributed by atoms with E-state index in [2.05, 4.69) is 25.8 Å². The Kier molecular flexibility index (Phi) is 4.99. The molecule has 0 radical (unpaired) electrons. The Morgan fingerprint density at radius 2 is 2.22 bits per heavy atom. The molecule has 1 amide bonds. The summed E-state index contributed by atoms with van der Waals surface area (Å²) in [6, 6.07) is 0. The largest absolute Gasteiger partial charge is 0.351 e. The molecule has 0 bridgehead atoms. The van der Waals surface area contributed by atoms with Gasteiger partial charge in [-0.3, -0.25) is 4.79 Å². The highest BCUT2D eigenvalue weighted by Gasteiger charge is 2.15. The first-order valence-electron chi connectivity index (χ1n) is 8.18. The third kappa shape index (κ3) is 4.37. The quantitative estimate of drug-likeness (QED) is 0.870. The zero-order valence-electron chi connectivity index (χ0n) is 13.4. The second-order valence-corrected chi connectivity index (χ2v) is 6.08. The molecule has 23 heavy (non-hydrogen) atoms. The van der Waals surface area contributed by atoms with Gasteiger partial charge < -0.3 is 9.84 Å². The van der Waals surface area contributed by atoms with Crippen LogP contribution in [0.25, 0.3) is 0 Å². The van der Waals surface area contributed by atoms with Crippen LogP contribution in [0.1, 0.15) is 60.7 Å². The van der Waals surface area contributed by atoms with Crippen LogP contribution in [-0.2, 0) is 6.54 Å². The third-order valence-electron chi connectivity index (χ3n) is 4.21. The van der Waals surface area contributed by atoms with E-state index in [1.165, 1.54) is 36.8 Å². The first-order valence-corrected chi connectivity index (χ1v) is 8.18. The van der Waals surface area contributed by atoms with Crippen molar-refractivity contribution >= 4 is 5.91 Å². The van der Waals surface area contributed by atoms with Gasteiger partial charge in [-0.1, -0.05) is 42.5 Å². The minimum Gasteiger partial charge on any atom is -0.351 e. The van der Waals surface area contributed by atoms with Gasteiger partial charge in [0.1, 0.15) is 6.54 Å². The van der Waals surface area contributed by atoms with Crippen LogP contribution in [0.15, 0.2) is 10.7 Å². The van der Waals surface area contributed by atoms with Crippen LogP contribution in [0.3, 0.4) is 0 Å². The van der Waals surface area contributed by atoms with E-state index in [4.69, 9.17) is 4.52 Å². The molecule has 1 aliphatic carbocycles. The highest BCUT2D eigenvalue weighted by molar-refractivity contribution is 5.91. The van der Waals surface area contributed by atoms with Crippen molar-refractivity contribution in [1.29, 1.82) is 0 Å². The molecule has 2 aromatic heterocycles. The van der Waals surface area contributed by atoms with Gasteiger partial charge in [0.25, 0.3) is 5.91 Å². The third-order valence-corrected chi connectivity index (χ3v) is 4.21. The second kappa shape index (κ2) is 7.34. The van der Waals surface area contributed by atoms with Crippen LogP contribution in [-0.4, -0.2) is 37.6 Å². The van der Waals surface area contributed by atoms with Gasteiger partial charge in [-0.05, 0) is 12.3 Å². The van der Waals surface area contributed by atoms with Gasteiger partial charge in [-0.15, -0.1) is 5.10 Å². The maximum Gasteiger partial charge on any atom is 0.273 e. The molecule has 1 N–H and O–H groups in total. The SMILES string of the molecule is Cc1nc(Cn2cc(C(=O)NCCC3CCCCC3)nn2)no1. The summed E-state index contributed by atoms with van der Waals surface area (Å²) >= 11 is 0. The number of aromatic nitrogens is 5. The van der Waals surface area contributed by atoms with E-state index in [0.29, 0.717) is 30.5 Å². The highest BCUT2D eigenvalue weighted by atomic mass is 16.5. The molecule has 0 spiro atoms. The Labute approximate surface area is 134 Å². The minimum atomic E-state index is -0.184. The van der Waals surface area contributed by atoms with Crippen LogP contribution in [0, 0.1) is 12.8 Å². The molecule has 0 saturated heterocycles. The zero-order chi connectivity index (χ0) is 16.1. The number of hydrogen-bond donors (Lipinski definition) is 1. The maximum atomic E-state index is 12.1. The molecule has 8 heteroatoms. The predicted molar refractivity (Wildman–Crippen MR) is 81.7 cm³/mol. The van der Waals surface area contributed by atoms with Gasteiger partial charge in [0, 0.05) is 13.5 Å². The number of nitrogens with zero attached hydrogens (tertiary/aromatic N) is 5. The van der Waals surface area contributed by atoms with E-state index in [9.17, 15) is 4.79 Å². The van der Waals surface area contributed by atoms with Crippen molar-refractivity contribution < 1.29 is 9.32 Å². The standard InChI is InChI=1S/C15H22N6O2/c1-11-17-14(19-23-11)10-21-9-13(18-20-21)15(22)16-8-7-12-5-3-2-4-6-12/h9,12H,2-8,10H2,1H3,(H,16,22). The van der Waals surface area contributed by atoms with E-state index in [1.807, 2.05) is 0 Å². The minimum absolute atomic E-state index is 0.184. The summed E-state index contributed by atoms with van der Waals surface area (Å²) in [6.45, 7) is 2.75. The Morgan fingerprint density at radius 3 is 2.96 bits per heavy atom. The fourth-order valence-electron chi connectivity index (χ4n) is 2.99. The molecule has 124 valence electrons. The summed E-state index contributed by atoms with van der Waals surface area (Å²) in [7, 11) is 0. The first-order chi connectivity index (χ1) is 11.2. The number of nitrogens with one attached hydrogen (secondary N) is 1. The number of aryl methyl sites for hydroxylation is 1. The van der Waals surface area contributed by atoms with E-state index >= 15 is 0 Å². The summed E-state index contributed by atoms with van der Waals surface area (Å²) in [5.41, 5.74) is 0.314. The van der Waals surface area contributed by atoms with Crippen molar-refractivity contribution in [2.75, 3.05) is 6.54 Å². The smallest absolute Gasteiger partial charge is 0.273 e. The molecule has 0 unspecified atom stereocenters. The average molecular weight is 318 g/mol. The molecular weight excluding hydrogens is 296 g/mol. The van der Waals surface area contributed by atoms with Crippen molar-refractivity contribution in [3.05, 3.63) is 23.6 Å². The van der Waals surface area contributed by atoms with Crippen molar-refractivity contribution in [2.45, 2.75) is 52.0 Å². The molecule has 1 saturated carbocycles. The van der Waals surface area contributed by atoms with E-state index < -0.39 is 0 Å². The predicted octanol–water partition coefficient (Wildman–Crippen LogP) is 1.72. The Hall–Kier alpha value is -2.25. The number of carbonyl (C=O) groups is 1. The molecule has 8 nitrogen and oxygen atoms in total. The zero-order valence-corrected chi connectivity index (χ0v) is 13.4. The van der Waals surface area contributed by atoms with E-state index in [0.717, 1.165) is 12.3 Å². The van der Waals surface area contributed by atoms with Crippen molar-refractivity contribution in [3.8, 4) is 0 Å². The van der Waals surface area contributed by atoms with E-state index in [-0.39, 0.29) is 5.91 Å². The Morgan fingerprint density at radius 1 is 1.39 bits per heavy atom. The van der Waals surface area contributed by atoms with Crippen LogP contribution < -0.4 is 5.32 Å². The lowest BCUT2D eigenvalue weighted by molar-refractivity contribution is 0.0945. The van der Waals surface area contributed by atoms with Crippen LogP contribution >= 0.6 is 0 Å². The maximum absolute atomic E-state index is 12.1. The van der Waals surface area contributed by atoms with Crippen molar-refractivity contribution in [1.82, 2.24) is 30.5 Å². The lowest BCUT2D eigenvalue weighted by Crippen LogP contribution is -2.26. The van der Waals surface area contributed by atoms with E-state index in [1.54, 1.807) is 13.1 Å². The van der Waals surface area contributed by atoms with Crippen LogP contribution in [0.4, 0.5) is 0 Å². The van der Waals surface area contributed by atoms with Crippen LogP contribution in [0.2, 0.25) is 0 Å². The van der Waals surface area contributed by atoms with Crippen molar-refractivity contribution in [2.24, 2.45) is 5.92 Å². The number of rotatable bonds is 6. The number of carbonyl (C=O) groups excluding carboxylic acids is 1. The molecule has 0 aromatic carbocycles. The fourth-order valence-corrected chi connectivity index (χ4v) is 2.99. The van der Waals surface area contributed by atoms with Gasteiger partial charge in [-0.25, -0.2) is 4.68 Å². The van der Waals surface area contributed by atoms with Gasteiger partial charge >= 0.3 is 0 Å². The Balaban J connectivity index is 1.46. The lowest BCUT2D eigenvalue weighted by Gasteiger charge is -2.21. The Bertz CT molecular complexity index is 644.